The third kappa shape index (κ3) is 3.60. The van der Waals surface area contributed by atoms with E-state index in [0.29, 0.717) is 11.3 Å². The summed E-state index contributed by atoms with van der Waals surface area (Å²) in [6.07, 6.45) is 8.77. The molecule has 6 aromatic rings. The summed E-state index contributed by atoms with van der Waals surface area (Å²) in [6, 6.07) is 40.1. The van der Waals surface area contributed by atoms with Gasteiger partial charge in [-0.05, 0) is 76.7 Å². The quantitative estimate of drug-likeness (QED) is 0.211. The summed E-state index contributed by atoms with van der Waals surface area (Å²) in [5.41, 5.74) is 9.99. The van der Waals surface area contributed by atoms with E-state index in [1.165, 1.54) is 11.3 Å². The zero-order chi connectivity index (χ0) is 28.2. The van der Waals surface area contributed by atoms with E-state index in [9.17, 15) is 5.26 Å². The molecule has 42 heavy (non-hydrogen) atoms. The molecule has 2 unspecified atom stereocenters. The fraction of sp³-hybridized carbons (Fsp3) is 0.0526. The summed E-state index contributed by atoms with van der Waals surface area (Å²) < 4.78 is 2.26. The largest absolute Gasteiger partial charge is 0.333 e. The first-order valence-corrected chi connectivity index (χ1v) is 14.0. The van der Waals surface area contributed by atoms with Gasteiger partial charge in [-0.25, -0.2) is 4.85 Å². The molecule has 5 aromatic carbocycles. The van der Waals surface area contributed by atoms with Gasteiger partial charge in [0.05, 0.1) is 35.3 Å². The number of nitriles is 1. The molecule has 0 fully saturated rings. The minimum Gasteiger partial charge on any atom is -0.333 e. The number of nitrogens with zero attached hydrogens (tertiary/aromatic N) is 4. The van der Waals surface area contributed by atoms with Crippen molar-refractivity contribution in [2.24, 2.45) is 0 Å². The Hall–Kier alpha value is -5.84. The van der Waals surface area contributed by atoms with Crippen molar-refractivity contribution in [1.29, 1.82) is 5.26 Å². The minimum atomic E-state index is 0.165. The van der Waals surface area contributed by atoms with Gasteiger partial charge in [-0.1, -0.05) is 78.9 Å². The van der Waals surface area contributed by atoms with Crippen molar-refractivity contribution in [3.63, 3.8) is 0 Å². The van der Waals surface area contributed by atoms with Crippen molar-refractivity contribution in [3.05, 3.63) is 156 Å². The molecule has 0 bridgehead atoms. The van der Waals surface area contributed by atoms with E-state index in [1.807, 2.05) is 36.4 Å². The predicted octanol–water partition coefficient (Wildman–Crippen LogP) is 9.60. The van der Waals surface area contributed by atoms with E-state index >= 15 is 0 Å². The van der Waals surface area contributed by atoms with E-state index in [-0.39, 0.29) is 12.0 Å². The van der Waals surface area contributed by atoms with Crippen LogP contribution < -0.4 is 4.90 Å². The molecule has 4 nitrogen and oxygen atoms in total. The Kier molecular flexibility index (Phi) is 5.36. The SMILES string of the molecule is [C-]#[N+]c1ccc2c(c1)c1ccccc1n2-c1cccc(-c2cc(C#N)cc(N3c4ccccc4C4C=CC=CC43)c2)c1. The monoisotopic (exact) mass is 536 g/mol. The van der Waals surface area contributed by atoms with Crippen LogP contribution in [0.3, 0.4) is 0 Å². The smallest absolute Gasteiger partial charge is 0.188 e. The van der Waals surface area contributed by atoms with Crippen molar-refractivity contribution in [3.8, 4) is 22.9 Å². The van der Waals surface area contributed by atoms with Crippen LogP contribution in [-0.4, -0.2) is 10.6 Å². The highest BCUT2D eigenvalue weighted by Crippen LogP contribution is 2.48. The van der Waals surface area contributed by atoms with Gasteiger partial charge in [-0.15, -0.1) is 0 Å². The number of fused-ring (bicyclic) bond motifs is 6. The number of allylic oxidation sites excluding steroid dienone is 2. The van der Waals surface area contributed by atoms with Gasteiger partial charge in [-0.3, -0.25) is 0 Å². The molecule has 1 aromatic heterocycles. The summed E-state index contributed by atoms with van der Waals surface area (Å²) in [7, 11) is 0. The van der Waals surface area contributed by atoms with Crippen LogP contribution in [0.2, 0.25) is 0 Å². The molecule has 1 aliphatic carbocycles. The van der Waals surface area contributed by atoms with Gasteiger partial charge in [0.15, 0.2) is 5.69 Å². The number of aromatic nitrogens is 1. The fourth-order valence-corrected chi connectivity index (χ4v) is 6.70. The Balaban J connectivity index is 1.29. The van der Waals surface area contributed by atoms with Crippen LogP contribution in [0.15, 0.2) is 133 Å². The lowest BCUT2D eigenvalue weighted by Crippen LogP contribution is -2.28. The van der Waals surface area contributed by atoms with E-state index in [0.717, 1.165) is 44.3 Å². The molecule has 2 atom stereocenters. The third-order valence-corrected chi connectivity index (χ3v) is 8.51. The number of rotatable bonds is 3. The van der Waals surface area contributed by atoms with Gasteiger partial charge in [0.25, 0.3) is 0 Å². The van der Waals surface area contributed by atoms with Crippen LogP contribution in [0.1, 0.15) is 17.0 Å². The zero-order valence-electron chi connectivity index (χ0n) is 22.6. The summed E-state index contributed by atoms with van der Waals surface area (Å²) in [6.45, 7) is 7.51. The van der Waals surface area contributed by atoms with Gasteiger partial charge in [0, 0.05) is 28.4 Å². The number of benzene rings is 5. The van der Waals surface area contributed by atoms with Gasteiger partial charge in [0.1, 0.15) is 0 Å². The Morgan fingerprint density at radius 3 is 2.40 bits per heavy atom. The third-order valence-electron chi connectivity index (χ3n) is 8.51. The summed E-state index contributed by atoms with van der Waals surface area (Å²) in [5, 5.41) is 12.3. The highest BCUT2D eigenvalue weighted by molar-refractivity contribution is 6.10. The van der Waals surface area contributed by atoms with Crippen LogP contribution in [0.25, 0.3) is 43.5 Å². The molecule has 8 rings (SSSR count). The first kappa shape index (κ1) is 24.0. The van der Waals surface area contributed by atoms with Crippen LogP contribution in [-0.2, 0) is 0 Å². The van der Waals surface area contributed by atoms with Crippen LogP contribution >= 0.6 is 0 Å². The van der Waals surface area contributed by atoms with E-state index < -0.39 is 0 Å². The van der Waals surface area contributed by atoms with E-state index in [4.69, 9.17) is 6.57 Å². The molecule has 2 aliphatic rings. The Morgan fingerprint density at radius 1 is 0.690 bits per heavy atom. The maximum Gasteiger partial charge on any atom is 0.188 e. The second-order valence-electron chi connectivity index (χ2n) is 10.8. The molecular formula is C38H24N4. The fourth-order valence-electron chi connectivity index (χ4n) is 6.70. The lowest BCUT2D eigenvalue weighted by molar-refractivity contribution is 0.745. The number of anilines is 2. The van der Waals surface area contributed by atoms with Crippen molar-refractivity contribution in [1.82, 2.24) is 4.57 Å². The van der Waals surface area contributed by atoms with Crippen LogP contribution in [0, 0.1) is 17.9 Å². The molecule has 0 saturated heterocycles. The number of para-hydroxylation sites is 2. The standard InChI is InChI=1S/C38H24N4/c1-40-28-17-18-38-34(23-28)33-13-4-7-16-37(33)41(38)29-10-8-9-26(21-29)27-19-25(24-39)20-30(22-27)42-35-14-5-2-11-31(35)32-12-3-6-15-36(32)42/h2-23,31,35H. The minimum absolute atomic E-state index is 0.165. The van der Waals surface area contributed by atoms with Gasteiger partial charge in [0.2, 0.25) is 0 Å². The molecule has 0 spiro atoms. The van der Waals surface area contributed by atoms with Crippen LogP contribution in [0.4, 0.5) is 17.1 Å². The Labute approximate surface area is 244 Å². The first-order chi connectivity index (χ1) is 20.7. The van der Waals surface area contributed by atoms with Crippen molar-refractivity contribution in [2.45, 2.75) is 12.0 Å². The number of hydrogen-bond acceptors (Lipinski definition) is 2. The zero-order valence-corrected chi connectivity index (χ0v) is 22.6. The highest BCUT2D eigenvalue weighted by atomic mass is 15.2. The Morgan fingerprint density at radius 2 is 1.50 bits per heavy atom. The second kappa shape index (κ2) is 9.37. The maximum atomic E-state index is 10.1. The second-order valence-corrected chi connectivity index (χ2v) is 10.8. The molecule has 1 aliphatic heterocycles. The first-order valence-electron chi connectivity index (χ1n) is 14.0. The normalized spacial score (nSPS) is 16.8. The summed E-state index contributed by atoms with van der Waals surface area (Å²) in [4.78, 5) is 6.03. The van der Waals surface area contributed by atoms with E-state index in [2.05, 4.69) is 117 Å². The predicted molar refractivity (Wildman–Crippen MR) is 171 cm³/mol. The lowest BCUT2D eigenvalue weighted by atomic mass is 9.91. The average molecular weight is 537 g/mol. The van der Waals surface area contributed by atoms with Crippen molar-refractivity contribution >= 4 is 38.9 Å². The molecule has 0 N–H and O–H groups in total. The average Bonchev–Trinajstić information content (AvgIpc) is 3.57. The summed E-state index contributed by atoms with van der Waals surface area (Å²) >= 11 is 0. The van der Waals surface area contributed by atoms with Gasteiger partial charge >= 0.3 is 0 Å². The number of hydrogen-bond donors (Lipinski definition) is 0. The van der Waals surface area contributed by atoms with Gasteiger partial charge in [-0.2, -0.15) is 5.26 Å². The molecule has 0 saturated carbocycles. The van der Waals surface area contributed by atoms with Crippen molar-refractivity contribution < 1.29 is 0 Å². The highest BCUT2D eigenvalue weighted by Gasteiger charge is 2.37. The maximum absolute atomic E-state index is 10.1. The lowest BCUT2D eigenvalue weighted by Gasteiger charge is -2.29. The molecule has 2 heterocycles. The Bertz CT molecular complexity index is 2200. The van der Waals surface area contributed by atoms with Crippen LogP contribution in [0.5, 0.6) is 0 Å². The van der Waals surface area contributed by atoms with E-state index in [1.54, 1.807) is 0 Å². The molecule has 196 valence electrons. The van der Waals surface area contributed by atoms with Crippen molar-refractivity contribution in [2.75, 3.05) is 4.90 Å². The molecular weight excluding hydrogens is 512 g/mol. The molecule has 0 amide bonds. The van der Waals surface area contributed by atoms with Gasteiger partial charge < -0.3 is 9.47 Å². The molecule has 4 heteroatoms. The topological polar surface area (TPSA) is 36.3 Å². The molecule has 0 radical (unpaired) electrons. The summed E-state index contributed by atoms with van der Waals surface area (Å²) in [5.74, 6) is 0.280.